The molecule has 3 aliphatic rings. The minimum absolute atomic E-state index is 0.143. The quantitative estimate of drug-likeness (QED) is 0.167. The van der Waals surface area contributed by atoms with Gasteiger partial charge >= 0.3 is 0 Å². The lowest BCUT2D eigenvalue weighted by atomic mass is 9.70. The summed E-state index contributed by atoms with van der Waals surface area (Å²) in [7, 11) is 0. The van der Waals surface area contributed by atoms with E-state index >= 15 is 0 Å². The van der Waals surface area contributed by atoms with Crippen LogP contribution in [0.5, 0.6) is 0 Å². The van der Waals surface area contributed by atoms with Gasteiger partial charge in [-0.2, -0.15) is 0 Å². The SMILES string of the molecule is CC1(C)c2ccccc2-c2c(N(c3ccc(-c4ccc5sc6ccc(-c7ccccc7)cc6c5c4)cc3)c3cccc4c3-c3ccccc3C43c4ccccc4-c4ccccc43)cccc21. The molecule has 10 aromatic carbocycles. The summed E-state index contributed by atoms with van der Waals surface area (Å²) in [5, 5.41) is 2.62. The average molecular weight is 858 g/mol. The molecule has 3 aliphatic carbocycles. The van der Waals surface area contributed by atoms with Gasteiger partial charge in [0.2, 0.25) is 0 Å². The number of benzene rings is 10. The Kier molecular flexibility index (Phi) is 7.89. The molecule has 1 nitrogen and oxygen atoms in total. The van der Waals surface area contributed by atoms with Crippen LogP contribution in [0.3, 0.4) is 0 Å². The number of hydrogen-bond acceptors (Lipinski definition) is 2. The fraction of sp³-hybridized carbons (Fsp3) is 0.0625. The van der Waals surface area contributed by atoms with E-state index in [-0.39, 0.29) is 5.41 Å². The molecule has 0 aliphatic heterocycles. The summed E-state index contributed by atoms with van der Waals surface area (Å²) in [4.78, 5) is 2.57. The molecule has 1 aromatic heterocycles. The third-order valence-electron chi connectivity index (χ3n) is 15.1. The summed E-state index contributed by atoms with van der Waals surface area (Å²) in [5.41, 5.74) is 23.8. The van der Waals surface area contributed by atoms with Gasteiger partial charge in [-0.1, -0.05) is 190 Å². The van der Waals surface area contributed by atoms with Crippen LogP contribution >= 0.6 is 11.3 Å². The van der Waals surface area contributed by atoms with Crippen molar-refractivity contribution < 1.29 is 0 Å². The predicted octanol–water partition coefficient (Wildman–Crippen LogP) is 17.5. The maximum atomic E-state index is 2.57. The van der Waals surface area contributed by atoms with E-state index in [1.54, 1.807) is 0 Å². The number of hydrogen-bond donors (Lipinski definition) is 0. The second kappa shape index (κ2) is 13.9. The first-order valence-electron chi connectivity index (χ1n) is 23.1. The van der Waals surface area contributed by atoms with Crippen molar-refractivity contribution in [3.63, 3.8) is 0 Å². The number of nitrogens with zero attached hydrogens (tertiary/aromatic N) is 1. The number of thiophene rings is 1. The molecule has 0 atom stereocenters. The van der Waals surface area contributed by atoms with Crippen molar-refractivity contribution in [2.24, 2.45) is 0 Å². The summed E-state index contributed by atoms with van der Waals surface area (Å²) >= 11 is 1.87. The van der Waals surface area contributed by atoms with E-state index in [1.807, 2.05) is 11.3 Å². The maximum absolute atomic E-state index is 2.57. The molecule has 0 fully saturated rings. The number of anilines is 3. The average Bonchev–Trinajstić information content (AvgIpc) is 4.07. The van der Waals surface area contributed by atoms with Crippen LogP contribution < -0.4 is 4.90 Å². The van der Waals surface area contributed by atoms with Gasteiger partial charge in [0.25, 0.3) is 0 Å². The molecule has 2 heteroatoms. The monoisotopic (exact) mass is 857 g/mol. The van der Waals surface area contributed by atoms with Crippen molar-refractivity contribution in [3.8, 4) is 55.6 Å². The second-order valence-electron chi connectivity index (χ2n) is 18.7. The van der Waals surface area contributed by atoms with E-state index in [0.29, 0.717) is 0 Å². The standard InChI is InChI=1S/C64H43NS/c1-63(2)51-22-10-8-20-47(51)61-55(63)26-14-28-57(61)65(44-34-30-41(31-35-44)43-33-37-60-50(39-43)49-38-42(32-36-59(49)66-60)40-16-4-3-5-17-40)58-29-15-27-56-62(58)48-21-9-13-25-54(48)64(56)52-23-11-6-18-45(52)46-19-7-12-24-53(46)64/h3-39H,1-2H3. The zero-order chi connectivity index (χ0) is 43.7. The molecule has 0 amide bonds. The lowest BCUT2D eigenvalue weighted by Crippen LogP contribution is -2.26. The molecule has 0 radical (unpaired) electrons. The van der Waals surface area contributed by atoms with Gasteiger partial charge in [0.15, 0.2) is 0 Å². The zero-order valence-electron chi connectivity index (χ0n) is 36.7. The first-order chi connectivity index (χ1) is 32.5. The number of rotatable bonds is 5. The zero-order valence-corrected chi connectivity index (χ0v) is 37.5. The predicted molar refractivity (Wildman–Crippen MR) is 279 cm³/mol. The molecule has 0 saturated heterocycles. The minimum Gasteiger partial charge on any atom is -0.309 e. The van der Waals surface area contributed by atoms with Crippen LogP contribution in [0.2, 0.25) is 0 Å². The highest BCUT2D eigenvalue weighted by molar-refractivity contribution is 7.25. The van der Waals surface area contributed by atoms with Gasteiger partial charge < -0.3 is 4.90 Å². The molecule has 1 spiro atoms. The molecule has 11 aromatic rings. The molecule has 0 unspecified atom stereocenters. The minimum atomic E-state index is -0.440. The van der Waals surface area contributed by atoms with Crippen LogP contribution in [-0.4, -0.2) is 0 Å². The van der Waals surface area contributed by atoms with Crippen LogP contribution in [0.4, 0.5) is 17.1 Å². The Hall–Kier alpha value is -7.78. The Morgan fingerprint density at radius 2 is 0.758 bits per heavy atom. The van der Waals surface area contributed by atoms with E-state index in [0.717, 1.165) is 5.69 Å². The Balaban J connectivity index is 0.984. The highest BCUT2D eigenvalue weighted by atomic mass is 32.1. The smallest absolute Gasteiger partial charge is 0.0726 e. The third-order valence-corrected chi connectivity index (χ3v) is 16.3. The third kappa shape index (κ3) is 5.05. The molecule has 0 bridgehead atoms. The van der Waals surface area contributed by atoms with Crippen LogP contribution in [0.1, 0.15) is 47.2 Å². The van der Waals surface area contributed by atoms with Crippen molar-refractivity contribution in [2.45, 2.75) is 24.7 Å². The largest absolute Gasteiger partial charge is 0.309 e. The normalized spacial score (nSPS) is 14.2. The van der Waals surface area contributed by atoms with Crippen LogP contribution in [0, 0.1) is 0 Å². The highest BCUT2D eigenvalue weighted by Gasteiger charge is 2.52. The topological polar surface area (TPSA) is 3.24 Å². The van der Waals surface area contributed by atoms with Crippen molar-refractivity contribution in [3.05, 3.63) is 258 Å². The van der Waals surface area contributed by atoms with E-state index < -0.39 is 5.41 Å². The first kappa shape index (κ1) is 37.6. The van der Waals surface area contributed by atoms with Crippen LogP contribution in [0.25, 0.3) is 75.8 Å². The molecule has 0 N–H and O–H groups in total. The molecular weight excluding hydrogens is 815 g/mol. The summed E-state index contributed by atoms with van der Waals surface area (Å²) in [6, 6.07) is 84.4. The highest BCUT2D eigenvalue weighted by Crippen LogP contribution is 2.65. The molecular formula is C64H43NS. The lowest BCUT2D eigenvalue weighted by Gasteiger charge is -2.32. The van der Waals surface area contributed by atoms with Gasteiger partial charge in [-0.15, -0.1) is 11.3 Å². The lowest BCUT2D eigenvalue weighted by molar-refractivity contribution is 0.660. The molecule has 1 heterocycles. The summed E-state index contributed by atoms with van der Waals surface area (Å²) < 4.78 is 2.63. The Bertz CT molecular complexity index is 3750. The van der Waals surface area contributed by atoms with Crippen molar-refractivity contribution in [1.29, 1.82) is 0 Å². The molecule has 66 heavy (non-hydrogen) atoms. The fourth-order valence-corrected chi connectivity index (χ4v) is 13.3. The van der Waals surface area contributed by atoms with Crippen LogP contribution in [0.15, 0.2) is 224 Å². The van der Waals surface area contributed by atoms with Gasteiger partial charge in [0, 0.05) is 42.4 Å². The van der Waals surface area contributed by atoms with Gasteiger partial charge in [-0.05, 0) is 126 Å². The van der Waals surface area contributed by atoms with Gasteiger partial charge in [0.1, 0.15) is 0 Å². The van der Waals surface area contributed by atoms with Gasteiger partial charge in [-0.3, -0.25) is 0 Å². The van der Waals surface area contributed by atoms with Crippen molar-refractivity contribution in [2.75, 3.05) is 4.90 Å². The number of fused-ring (bicyclic) bond motifs is 16. The van der Waals surface area contributed by atoms with Crippen molar-refractivity contribution in [1.82, 2.24) is 0 Å². The maximum Gasteiger partial charge on any atom is 0.0726 e. The van der Waals surface area contributed by atoms with Crippen LogP contribution in [-0.2, 0) is 10.8 Å². The Morgan fingerprint density at radius 3 is 1.35 bits per heavy atom. The fourth-order valence-electron chi connectivity index (χ4n) is 12.2. The second-order valence-corrected chi connectivity index (χ2v) is 19.8. The van der Waals surface area contributed by atoms with E-state index in [1.165, 1.54) is 121 Å². The van der Waals surface area contributed by atoms with Gasteiger partial charge in [0.05, 0.1) is 16.8 Å². The van der Waals surface area contributed by atoms with Gasteiger partial charge in [-0.25, -0.2) is 0 Å². The molecule has 14 rings (SSSR count). The Labute approximate surface area is 389 Å². The first-order valence-corrected chi connectivity index (χ1v) is 23.9. The summed E-state index contributed by atoms with van der Waals surface area (Å²) in [6.07, 6.45) is 0. The van der Waals surface area contributed by atoms with E-state index in [2.05, 4.69) is 243 Å². The summed E-state index contributed by atoms with van der Waals surface area (Å²) in [6.45, 7) is 4.76. The molecule has 310 valence electrons. The van der Waals surface area contributed by atoms with E-state index in [4.69, 9.17) is 0 Å². The molecule has 0 saturated carbocycles. The summed E-state index contributed by atoms with van der Waals surface area (Å²) in [5.74, 6) is 0. The van der Waals surface area contributed by atoms with Crippen molar-refractivity contribution >= 4 is 48.6 Å². The Morgan fingerprint density at radius 1 is 0.333 bits per heavy atom. The van der Waals surface area contributed by atoms with E-state index in [9.17, 15) is 0 Å².